The molecule has 2 N–H and O–H groups in total. The standard InChI is InChI=1S/C10H10N4O/c15-10-12-6-4-9(14-10)13-7-8-3-1-2-5-11-8/h1-6H,7H2,(H2,12,13,14,15). The number of anilines is 1. The van der Waals surface area contributed by atoms with Crippen molar-refractivity contribution in [2.24, 2.45) is 0 Å². The highest BCUT2D eigenvalue weighted by molar-refractivity contribution is 5.32. The van der Waals surface area contributed by atoms with Crippen molar-refractivity contribution in [3.05, 3.63) is 52.8 Å². The third-order valence-corrected chi connectivity index (χ3v) is 1.85. The first kappa shape index (κ1) is 9.39. The number of hydrogen-bond donors (Lipinski definition) is 2. The van der Waals surface area contributed by atoms with Crippen molar-refractivity contribution in [2.75, 3.05) is 5.32 Å². The van der Waals surface area contributed by atoms with Gasteiger partial charge in [0.15, 0.2) is 0 Å². The van der Waals surface area contributed by atoms with Crippen LogP contribution in [0.15, 0.2) is 41.5 Å². The van der Waals surface area contributed by atoms with E-state index in [1.807, 2.05) is 18.2 Å². The molecule has 5 heteroatoms. The maximum Gasteiger partial charge on any atom is 0.346 e. The van der Waals surface area contributed by atoms with Gasteiger partial charge in [-0.2, -0.15) is 4.98 Å². The molecule has 2 heterocycles. The van der Waals surface area contributed by atoms with Gasteiger partial charge in [-0.1, -0.05) is 6.07 Å². The van der Waals surface area contributed by atoms with Gasteiger partial charge in [0.25, 0.3) is 0 Å². The summed E-state index contributed by atoms with van der Waals surface area (Å²) in [6.07, 6.45) is 3.28. The number of H-pyrrole nitrogens is 1. The molecule has 15 heavy (non-hydrogen) atoms. The number of nitrogens with zero attached hydrogens (tertiary/aromatic N) is 2. The minimum Gasteiger partial charge on any atom is -0.364 e. The average molecular weight is 202 g/mol. The predicted molar refractivity (Wildman–Crippen MR) is 56.4 cm³/mol. The van der Waals surface area contributed by atoms with Gasteiger partial charge in [0.05, 0.1) is 12.2 Å². The molecule has 0 atom stereocenters. The average Bonchev–Trinajstić information content (AvgIpc) is 2.28. The summed E-state index contributed by atoms with van der Waals surface area (Å²) in [7, 11) is 0. The van der Waals surface area contributed by atoms with Gasteiger partial charge >= 0.3 is 5.69 Å². The maximum atomic E-state index is 10.9. The van der Waals surface area contributed by atoms with Crippen molar-refractivity contribution < 1.29 is 0 Å². The van der Waals surface area contributed by atoms with Crippen LogP contribution in [0.3, 0.4) is 0 Å². The summed E-state index contributed by atoms with van der Waals surface area (Å²) in [5.74, 6) is 0.546. The highest BCUT2D eigenvalue weighted by atomic mass is 16.1. The van der Waals surface area contributed by atoms with Crippen LogP contribution >= 0.6 is 0 Å². The Morgan fingerprint density at radius 3 is 3.00 bits per heavy atom. The van der Waals surface area contributed by atoms with Crippen molar-refractivity contribution in [3.63, 3.8) is 0 Å². The van der Waals surface area contributed by atoms with Crippen molar-refractivity contribution in [1.82, 2.24) is 15.0 Å². The van der Waals surface area contributed by atoms with Crippen molar-refractivity contribution in [2.45, 2.75) is 6.54 Å². The van der Waals surface area contributed by atoms with Crippen LogP contribution < -0.4 is 11.0 Å². The van der Waals surface area contributed by atoms with Crippen LogP contribution in [-0.4, -0.2) is 15.0 Å². The third kappa shape index (κ3) is 2.63. The summed E-state index contributed by atoms with van der Waals surface area (Å²) in [4.78, 5) is 21.2. The lowest BCUT2D eigenvalue weighted by Crippen LogP contribution is -2.12. The summed E-state index contributed by atoms with van der Waals surface area (Å²) < 4.78 is 0. The molecule has 5 nitrogen and oxygen atoms in total. The van der Waals surface area contributed by atoms with Crippen LogP contribution in [0, 0.1) is 0 Å². The predicted octanol–water partition coefficient (Wildman–Crippen LogP) is 0.777. The third-order valence-electron chi connectivity index (χ3n) is 1.85. The minimum atomic E-state index is -0.360. The van der Waals surface area contributed by atoms with E-state index in [4.69, 9.17) is 0 Å². The molecule has 0 aromatic carbocycles. The van der Waals surface area contributed by atoms with Crippen molar-refractivity contribution >= 4 is 5.82 Å². The number of pyridine rings is 1. The van der Waals surface area contributed by atoms with E-state index in [1.54, 1.807) is 18.5 Å². The van der Waals surface area contributed by atoms with E-state index in [2.05, 4.69) is 20.3 Å². The van der Waals surface area contributed by atoms with Crippen molar-refractivity contribution in [1.29, 1.82) is 0 Å². The number of nitrogens with one attached hydrogen (secondary N) is 2. The maximum absolute atomic E-state index is 10.9. The molecule has 0 bridgehead atoms. The molecule has 0 unspecified atom stereocenters. The molecular weight excluding hydrogens is 192 g/mol. The molecule has 0 amide bonds. The van der Waals surface area contributed by atoms with E-state index in [1.165, 1.54) is 0 Å². The Morgan fingerprint density at radius 2 is 2.27 bits per heavy atom. The van der Waals surface area contributed by atoms with Crippen molar-refractivity contribution in [3.8, 4) is 0 Å². The van der Waals surface area contributed by atoms with Gasteiger partial charge in [0.2, 0.25) is 0 Å². The molecule has 0 fully saturated rings. The Kier molecular flexibility index (Phi) is 2.73. The van der Waals surface area contributed by atoms with Crippen LogP contribution in [-0.2, 0) is 6.54 Å². The Hall–Kier alpha value is -2.17. The fourth-order valence-electron chi connectivity index (χ4n) is 1.15. The summed E-state index contributed by atoms with van der Waals surface area (Å²) in [6.45, 7) is 0.553. The van der Waals surface area contributed by atoms with E-state index in [0.29, 0.717) is 12.4 Å². The summed E-state index contributed by atoms with van der Waals surface area (Å²) in [5, 5.41) is 3.01. The second kappa shape index (κ2) is 4.36. The Labute approximate surface area is 86.2 Å². The van der Waals surface area contributed by atoms with Crippen LogP contribution in [0.1, 0.15) is 5.69 Å². The lowest BCUT2D eigenvalue weighted by molar-refractivity contribution is 1.00. The van der Waals surface area contributed by atoms with Gasteiger partial charge in [0.1, 0.15) is 5.82 Å². The van der Waals surface area contributed by atoms with Crippen LogP contribution in [0.25, 0.3) is 0 Å². The summed E-state index contributed by atoms with van der Waals surface area (Å²) >= 11 is 0. The summed E-state index contributed by atoms with van der Waals surface area (Å²) in [5.41, 5.74) is 0.542. The molecule has 2 aromatic heterocycles. The highest BCUT2D eigenvalue weighted by Gasteiger charge is 1.95. The highest BCUT2D eigenvalue weighted by Crippen LogP contribution is 2.00. The van der Waals surface area contributed by atoms with Gasteiger partial charge in [0, 0.05) is 12.4 Å². The largest absolute Gasteiger partial charge is 0.364 e. The topological polar surface area (TPSA) is 70.7 Å². The van der Waals surface area contributed by atoms with Crippen LogP contribution in [0.4, 0.5) is 5.82 Å². The van der Waals surface area contributed by atoms with Gasteiger partial charge in [-0.15, -0.1) is 0 Å². The molecule has 0 radical (unpaired) electrons. The first-order valence-electron chi connectivity index (χ1n) is 4.54. The zero-order valence-corrected chi connectivity index (χ0v) is 7.97. The number of aromatic nitrogens is 3. The molecule has 0 saturated carbocycles. The Morgan fingerprint density at radius 1 is 1.33 bits per heavy atom. The van der Waals surface area contributed by atoms with Crippen LogP contribution in [0.2, 0.25) is 0 Å². The molecule has 0 spiro atoms. The van der Waals surface area contributed by atoms with E-state index in [9.17, 15) is 4.79 Å². The SMILES string of the molecule is O=c1nc(NCc2ccccn2)cc[nH]1. The lowest BCUT2D eigenvalue weighted by Gasteiger charge is -2.03. The van der Waals surface area contributed by atoms with E-state index < -0.39 is 0 Å². The van der Waals surface area contributed by atoms with Gasteiger partial charge < -0.3 is 10.3 Å². The molecule has 0 saturated heterocycles. The van der Waals surface area contributed by atoms with E-state index >= 15 is 0 Å². The number of rotatable bonds is 3. The first-order valence-corrected chi connectivity index (χ1v) is 4.54. The zero-order valence-electron chi connectivity index (χ0n) is 7.97. The molecule has 76 valence electrons. The molecule has 0 aliphatic heterocycles. The Bertz CT molecular complexity index is 480. The number of hydrogen-bond acceptors (Lipinski definition) is 4. The molecule has 2 aromatic rings. The molecular formula is C10H10N4O. The monoisotopic (exact) mass is 202 g/mol. The number of aromatic amines is 1. The van der Waals surface area contributed by atoms with E-state index in [-0.39, 0.29) is 5.69 Å². The van der Waals surface area contributed by atoms with Gasteiger partial charge in [-0.25, -0.2) is 4.79 Å². The fourth-order valence-corrected chi connectivity index (χ4v) is 1.15. The quantitative estimate of drug-likeness (QED) is 0.771. The normalized spacial score (nSPS) is 9.87. The first-order chi connectivity index (χ1) is 7.34. The second-order valence-electron chi connectivity index (χ2n) is 2.95. The molecule has 0 aliphatic rings. The van der Waals surface area contributed by atoms with Gasteiger partial charge in [-0.3, -0.25) is 4.98 Å². The van der Waals surface area contributed by atoms with Crippen LogP contribution in [0.5, 0.6) is 0 Å². The van der Waals surface area contributed by atoms with E-state index in [0.717, 1.165) is 5.69 Å². The lowest BCUT2D eigenvalue weighted by atomic mass is 10.3. The second-order valence-corrected chi connectivity index (χ2v) is 2.95. The molecule has 0 aliphatic carbocycles. The minimum absolute atomic E-state index is 0.360. The molecule has 2 rings (SSSR count). The Balaban J connectivity index is 2.02. The zero-order chi connectivity index (χ0) is 10.5. The fraction of sp³-hybridized carbons (Fsp3) is 0.100. The smallest absolute Gasteiger partial charge is 0.346 e. The summed E-state index contributed by atoms with van der Waals surface area (Å²) in [6, 6.07) is 7.37. The van der Waals surface area contributed by atoms with Gasteiger partial charge in [-0.05, 0) is 18.2 Å².